The second kappa shape index (κ2) is 35.1. The van der Waals surface area contributed by atoms with E-state index in [4.69, 9.17) is 0 Å². The molecule has 13 heterocycles. The normalized spacial score (nSPS) is 11.0. The third-order valence-electron chi connectivity index (χ3n) is 17.3. The zero-order valence-electron chi connectivity index (χ0n) is 62.9. The van der Waals surface area contributed by atoms with Gasteiger partial charge < -0.3 is 0 Å². The van der Waals surface area contributed by atoms with E-state index in [1.807, 2.05) is 258 Å². The molecule has 105 heavy (non-hydrogen) atoms. The van der Waals surface area contributed by atoms with Gasteiger partial charge in [0, 0.05) is 121 Å². The summed E-state index contributed by atoms with van der Waals surface area (Å²) in [4.78, 5) is 0. The molecule has 0 nitrogen and oxygen atoms in total. The lowest BCUT2D eigenvalue weighted by atomic mass is 10.0. The van der Waals surface area contributed by atoms with Crippen molar-refractivity contribution in [2.75, 3.05) is 0 Å². The van der Waals surface area contributed by atoms with Crippen molar-refractivity contribution in [1.29, 1.82) is 0 Å². The second-order valence-electron chi connectivity index (χ2n) is 22.4. The summed E-state index contributed by atoms with van der Waals surface area (Å²) in [6, 6.07) is 75.0. The van der Waals surface area contributed by atoms with Crippen LogP contribution in [0.2, 0.25) is 0 Å². The molecule has 23 rings (SSSR count). The maximum absolute atomic E-state index is 2.45. The Morgan fingerprint density at radius 2 is 0.314 bits per heavy atom. The summed E-state index contributed by atoms with van der Waals surface area (Å²) in [6.45, 7) is 36.7. The molecule has 0 radical (unpaired) electrons. The number of rotatable bonds is 0. The van der Waals surface area contributed by atoms with Gasteiger partial charge in [-0.25, -0.2) is 0 Å². The predicted molar refractivity (Wildman–Crippen MR) is 511 cm³/mol. The third kappa shape index (κ3) is 13.8. The van der Waals surface area contributed by atoms with Gasteiger partial charge in [-0.05, 0) is 85.6 Å². The Morgan fingerprint density at radius 1 is 0.143 bits per heavy atom. The summed E-state index contributed by atoms with van der Waals surface area (Å²) in [6.07, 6.45) is 0. The smallest absolute Gasteiger partial charge is 0.0642 e. The Bertz CT molecular complexity index is 6450. The van der Waals surface area contributed by atoms with Crippen molar-refractivity contribution in [3.63, 3.8) is 0 Å². The topological polar surface area (TPSA) is 0 Å². The molecular weight excluding hydrogens is 1520 g/mol. The zero-order chi connectivity index (χ0) is 74.3. The Kier molecular flexibility index (Phi) is 26.0. The van der Waals surface area contributed by atoms with Crippen LogP contribution in [0.3, 0.4) is 0 Å². The molecule has 0 atom stereocenters. The van der Waals surface area contributed by atoms with Gasteiger partial charge in [0.15, 0.2) is 0 Å². The minimum Gasteiger partial charge on any atom is -0.134 e. The van der Waals surface area contributed by atoms with E-state index in [0.29, 0.717) is 0 Å². The number of hydrogen-bond acceptors (Lipinski definition) is 13. The Balaban J connectivity index is 0.000000125. The van der Waals surface area contributed by atoms with Gasteiger partial charge in [0.1, 0.15) is 0 Å². The van der Waals surface area contributed by atoms with Crippen LogP contribution in [0.5, 0.6) is 0 Å². The molecule has 0 aliphatic rings. The molecule has 0 aliphatic carbocycles. The first kappa shape index (κ1) is 77.8. The molecule has 0 unspecified atom stereocenters. The van der Waals surface area contributed by atoms with Gasteiger partial charge in [0.05, 0.1) is 65.8 Å². The number of fused-ring (bicyclic) bond motifs is 32. The number of thiophene rings is 13. The van der Waals surface area contributed by atoms with Crippen LogP contribution in [0.25, 0.3) is 187 Å². The van der Waals surface area contributed by atoms with Gasteiger partial charge in [-0.2, -0.15) is 0 Å². The number of benzene rings is 10. The molecule has 0 aliphatic heterocycles. The monoisotopic (exact) mass is 1610 g/mol. The lowest BCUT2D eigenvalue weighted by Gasteiger charge is -2.04. The number of aryl methyl sites for hydroxylation is 2. The van der Waals surface area contributed by atoms with Gasteiger partial charge >= 0.3 is 0 Å². The van der Waals surface area contributed by atoms with Crippen molar-refractivity contribution in [2.45, 2.75) is 125 Å². The first-order valence-corrected chi connectivity index (χ1v) is 47.7. The van der Waals surface area contributed by atoms with Crippen LogP contribution in [-0.4, -0.2) is 0 Å². The minimum absolute atomic E-state index is 1.40. The van der Waals surface area contributed by atoms with Gasteiger partial charge in [0.2, 0.25) is 0 Å². The fraction of sp³-hybridized carbons (Fsp3) is 0.196. The summed E-state index contributed by atoms with van der Waals surface area (Å²) < 4.78 is 37.5. The molecule has 10 aromatic carbocycles. The zero-order valence-corrected chi connectivity index (χ0v) is 73.6. The van der Waals surface area contributed by atoms with Crippen LogP contribution in [0.1, 0.15) is 122 Å². The molecule has 0 amide bonds. The molecule has 0 fully saturated rings. The summed E-state index contributed by atoms with van der Waals surface area (Å²) in [7, 11) is 0. The lowest BCUT2D eigenvalue weighted by molar-refractivity contribution is 1.50. The van der Waals surface area contributed by atoms with E-state index in [2.05, 4.69) is 220 Å². The van der Waals surface area contributed by atoms with Gasteiger partial charge in [-0.3, -0.25) is 0 Å². The van der Waals surface area contributed by atoms with Gasteiger partial charge in [-0.15, -0.1) is 147 Å². The second-order valence-corrected chi connectivity index (χ2v) is 36.0. The SMILES string of the molecule is CC.CC.CC.CC.CC.CC.CC.CC.Cc1c2sc3c4ccccc4sc3c2c(C)c2c1sc1c3ccccc3sc12.c1ccc2c(c1)sc1c2sc2c3ccccc3sc21.c1ccc2c(c1)sc1c3cc4c(cc3sc21)sc1c2ccccc2sc41.c1ccc2c(c1)sc1c3ccccc3sc21. The minimum atomic E-state index is 1.40. The molecule has 0 bridgehead atoms. The molecule has 13 aromatic heterocycles. The van der Waals surface area contributed by atoms with Crippen molar-refractivity contribution >= 4 is 334 Å². The maximum Gasteiger partial charge on any atom is 0.0642 e. The predicted octanol–water partition coefficient (Wildman–Crippen LogP) is 38.3. The molecular formula is C92H88S13. The van der Waals surface area contributed by atoms with Crippen molar-refractivity contribution in [3.8, 4) is 0 Å². The summed E-state index contributed by atoms with van der Waals surface area (Å²) in [5.41, 5.74) is 2.93. The first-order valence-electron chi connectivity index (χ1n) is 37.1. The molecule has 0 N–H and O–H groups in total. The molecule has 23 aromatic rings. The average Bonchev–Trinajstić information content (AvgIpc) is 1.55. The Morgan fingerprint density at radius 3 is 0.562 bits per heavy atom. The van der Waals surface area contributed by atoms with E-state index in [-0.39, 0.29) is 0 Å². The highest BCUT2D eigenvalue weighted by molar-refractivity contribution is 7.44. The molecule has 0 spiro atoms. The highest BCUT2D eigenvalue weighted by Crippen LogP contribution is 2.55. The molecule has 0 saturated carbocycles. The van der Waals surface area contributed by atoms with E-state index >= 15 is 0 Å². The summed E-state index contributed by atoms with van der Waals surface area (Å²) in [5.74, 6) is 0. The average molecular weight is 1610 g/mol. The maximum atomic E-state index is 2.45. The molecule has 13 heteroatoms. The highest BCUT2D eigenvalue weighted by Gasteiger charge is 2.24. The largest absolute Gasteiger partial charge is 0.134 e. The van der Waals surface area contributed by atoms with E-state index in [0.717, 1.165) is 0 Å². The standard InChI is InChI=1S/C24H14S4.C22H10S4.C16H8S3.C14H8S2.8C2H6/c1-11-17-19(27-21-13-7-3-5-9-15(13)25-23(17)21)12(2)20-18(11)24-22(28-20)14-8-4-6-10-16(14)26-24;1-3-7-15-11(5-1)19-21(23-15)13-9-14-18(10-17(13)25-19)26-20-12-6-2-4-8-16(12)24-22(14)20;1-3-7-11-9(5-1)13-15(17-11)16-14(19-13)10-6-2-4-8-12(10)18-16;1-3-7-11-9(5-1)13-14(15-11)10-6-2-4-8-12(10)16-13;8*1-2/h3-10H,1-2H3;1-10H;1-8H;1-8H;8*1-2H3. The summed E-state index contributed by atoms with van der Waals surface area (Å²) in [5, 5.41) is 17.1. The van der Waals surface area contributed by atoms with Crippen LogP contribution in [0.15, 0.2) is 206 Å². The van der Waals surface area contributed by atoms with E-state index in [1.165, 1.54) is 198 Å². The first-order chi connectivity index (χ1) is 51.9. The Hall–Kier alpha value is -6.76. The van der Waals surface area contributed by atoms with Crippen molar-refractivity contribution in [2.24, 2.45) is 0 Å². The molecule has 0 saturated heterocycles. The van der Waals surface area contributed by atoms with Crippen LogP contribution in [0.4, 0.5) is 0 Å². The molecule has 534 valence electrons. The van der Waals surface area contributed by atoms with Gasteiger partial charge in [0.25, 0.3) is 0 Å². The van der Waals surface area contributed by atoms with Crippen LogP contribution < -0.4 is 0 Å². The van der Waals surface area contributed by atoms with E-state index < -0.39 is 0 Å². The Labute approximate surface area is 669 Å². The van der Waals surface area contributed by atoms with E-state index in [9.17, 15) is 0 Å². The number of hydrogen-bond donors (Lipinski definition) is 0. The van der Waals surface area contributed by atoms with Crippen molar-refractivity contribution in [1.82, 2.24) is 0 Å². The van der Waals surface area contributed by atoms with Crippen molar-refractivity contribution in [3.05, 3.63) is 217 Å². The van der Waals surface area contributed by atoms with Crippen LogP contribution in [-0.2, 0) is 0 Å². The highest BCUT2D eigenvalue weighted by atomic mass is 32.1. The quantitative estimate of drug-likeness (QED) is 0.142. The summed E-state index contributed by atoms with van der Waals surface area (Å²) >= 11 is 25.3. The fourth-order valence-corrected chi connectivity index (χ4v) is 31.4. The third-order valence-corrected chi connectivity index (χ3v) is 34.3. The van der Waals surface area contributed by atoms with Crippen LogP contribution in [0, 0.1) is 13.8 Å². The fourth-order valence-electron chi connectivity index (χ4n) is 13.2. The van der Waals surface area contributed by atoms with Gasteiger partial charge in [-0.1, -0.05) is 256 Å². The van der Waals surface area contributed by atoms with Crippen LogP contribution >= 0.6 is 147 Å². The van der Waals surface area contributed by atoms with E-state index in [1.54, 1.807) is 0 Å². The van der Waals surface area contributed by atoms with Crippen molar-refractivity contribution < 1.29 is 0 Å². The lowest BCUT2D eigenvalue weighted by Crippen LogP contribution is -1.80.